The fourth-order valence-electron chi connectivity index (χ4n) is 1.48. The Morgan fingerprint density at radius 1 is 1.18 bits per heavy atom. The zero-order valence-corrected chi connectivity index (χ0v) is 12.2. The lowest BCUT2D eigenvalue weighted by atomic mass is 10.3. The van der Waals surface area contributed by atoms with E-state index in [0.717, 1.165) is 11.6 Å². The fraction of sp³-hybridized carbons (Fsp3) is 0.308. The van der Waals surface area contributed by atoms with Crippen LogP contribution in [0.5, 0.6) is 5.88 Å². The van der Waals surface area contributed by atoms with Crippen LogP contribution in [0.4, 0.5) is 19.1 Å². The Balaban J connectivity index is 1.85. The van der Waals surface area contributed by atoms with Gasteiger partial charge in [-0.05, 0) is 18.6 Å². The molecule has 0 aliphatic carbocycles. The van der Waals surface area contributed by atoms with Crippen molar-refractivity contribution in [3.05, 3.63) is 40.8 Å². The van der Waals surface area contributed by atoms with Crippen LogP contribution in [0.3, 0.4) is 0 Å². The van der Waals surface area contributed by atoms with Gasteiger partial charge in [0.15, 0.2) is 0 Å². The number of pyridine rings is 1. The summed E-state index contributed by atoms with van der Waals surface area (Å²) in [5, 5.41) is 2.71. The molecule has 118 valence electrons. The van der Waals surface area contributed by atoms with Crippen LogP contribution in [-0.2, 0) is 6.18 Å². The van der Waals surface area contributed by atoms with Gasteiger partial charge in [-0.25, -0.2) is 15.0 Å². The average molecular weight is 333 g/mol. The van der Waals surface area contributed by atoms with Crippen molar-refractivity contribution < 1.29 is 17.9 Å². The second-order valence-corrected chi connectivity index (χ2v) is 4.78. The summed E-state index contributed by atoms with van der Waals surface area (Å²) < 4.78 is 42.6. The number of halogens is 4. The van der Waals surface area contributed by atoms with Gasteiger partial charge in [-0.3, -0.25) is 0 Å². The number of hydrogen-bond acceptors (Lipinski definition) is 5. The second-order valence-electron chi connectivity index (χ2n) is 4.37. The molecule has 0 atom stereocenters. The average Bonchev–Trinajstić information content (AvgIpc) is 2.45. The first kappa shape index (κ1) is 16.3. The normalized spacial score (nSPS) is 11.3. The highest BCUT2D eigenvalue weighted by molar-refractivity contribution is 6.31. The molecule has 0 amide bonds. The van der Waals surface area contributed by atoms with Gasteiger partial charge in [0.1, 0.15) is 11.6 Å². The number of anilines is 1. The molecule has 0 bridgehead atoms. The van der Waals surface area contributed by atoms with E-state index in [2.05, 4.69) is 20.3 Å². The molecule has 2 rings (SSSR count). The largest absolute Gasteiger partial charge is 0.475 e. The Morgan fingerprint density at radius 2 is 1.86 bits per heavy atom. The van der Waals surface area contributed by atoms with Gasteiger partial charge in [-0.1, -0.05) is 11.6 Å². The number of nitrogens with zero attached hydrogens (tertiary/aromatic N) is 3. The predicted octanol–water partition coefficient (Wildman–Crippen LogP) is 3.34. The molecule has 2 aromatic heterocycles. The summed E-state index contributed by atoms with van der Waals surface area (Å²) in [7, 11) is 0. The molecular weight excluding hydrogens is 321 g/mol. The quantitative estimate of drug-likeness (QED) is 0.851. The predicted molar refractivity (Wildman–Crippen MR) is 75.0 cm³/mol. The third-order valence-electron chi connectivity index (χ3n) is 2.54. The second kappa shape index (κ2) is 6.78. The zero-order valence-electron chi connectivity index (χ0n) is 11.5. The number of ether oxygens (including phenoxy) is 1. The Hall–Kier alpha value is -2.09. The Bertz CT molecular complexity index is 634. The van der Waals surface area contributed by atoms with Crippen LogP contribution in [0.1, 0.15) is 11.1 Å². The molecule has 0 saturated carbocycles. The highest BCUT2D eigenvalue weighted by atomic mass is 35.5. The van der Waals surface area contributed by atoms with E-state index in [1.165, 1.54) is 0 Å². The first-order valence-electron chi connectivity index (χ1n) is 6.24. The van der Waals surface area contributed by atoms with Crippen LogP contribution >= 0.6 is 11.6 Å². The molecule has 0 unspecified atom stereocenters. The number of nitrogens with one attached hydrogen (secondary N) is 1. The van der Waals surface area contributed by atoms with E-state index in [1.54, 1.807) is 12.4 Å². The fourth-order valence-corrected chi connectivity index (χ4v) is 1.70. The van der Waals surface area contributed by atoms with Crippen LogP contribution in [0.25, 0.3) is 0 Å². The van der Waals surface area contributed by atoms with Gasteiger partial charge in [0.05, 0.1) is 12.1 Å². The molecule has 0 saturated heterocycles. The maximum atomic E-state index is 12.5. The number of aromatic nitrogens is 3. The minimum Gasteiger partial charge on any atom is -0.475 e. The van der Waals surface area contributed by atoms with Crippen LogP contribution < -0.4 is 10.1 Å². The van der Waals surface area contributed by atoms with Gasteiger partial charge in [-0.15, -0.1) is 0 Å². The summed E-state index contributed by atoms with van der Waals surface area (Å²) in [5.74, 6) is 0.377. The summed E-state index contributed by atoms with van der Waals surface area (Å²) in [6.45, 7) is 2.36. The molecule has 0 radical (unpaired) electrons. The van der Waals surface area contributed by atoms with Gasteiger partial charge >= 0.3 is 6.18 Å². The van der Waals surface area contributed by atoms with Gasteiger partial charge in [0, 0.05) is 18.6 Å². The van der Waals surface area contributed by atoms with Gasteiger partial charge in [0.2, 0.25) is 11.8 Å². The monoisotopic (exact) mass is 332 g/mol. The first-order valence-corrected chi connectivity index (χ1v) is 6.62. The minimum absolute atomic E-state index is 0.0544. The third kappa shape index (κ3) is 4.45. The van der Waals surface area contributed by atoms with Crippen LogP contribution in [0.15, 0.2) is 24.7 Å². The van der Waals surface area contributed by atoms with Gasteiger partial charge in [-0.2, -0.15) is 13.2 Å². The first-order chi connectivity index (χ1) is 10.4. The van der Waals surface area contributed by atoms with Gasteiger partial charge in [0.25, 0.3) is 0 Å². The molecule has 22 heavy (non-hydrogen) atoms. The molecule has 0 spiro atoms. The summed E-state index contributed by atoms with van der Waals surface area (Å²) in [5.41, 5.74) is 0.0126. The van der Waals surface area contributed by atoms with Crippen LogP contribution in [0.2, 0.25) is 5.02 Å². The smallest absolute Gasteiger partial charge is 0.417 e. The van der Waals surface area contributed by atoms with Crippen molar-refractivity contribution >= 4 is 17.5 Å². The lowest BCUT2D eigenvalue weighted by Gasteiger charge is -2.10. The Morgan fingerprint density at radius 3 is 2.45 bits per heavy atom. The molecule has 2 aromatic rings. The summed E-state index contributed by atoms with van der Waals surface area (Å²) in [6.07, 6.45) is -0.494. The lowest BCUT2D eigenvalue weighted by Crippen LogP contribution is -2.14. The highest BCUT2D eigenvalue weighted by Crippen LogP contribution is 2.32. The molecule has 5 nitrogen and oxygen atoms in total. The van der Waals surface area contributed by atoms with Crippen molar-refractivity contribution in [1.29, 1.82) is 0 Å². The molecular formula is C13H12ClF3N4O. The van der Waals surface area contributed by atoms with Crippen LogP contribution in [0, 0.1) is 6.92 Å². The minimum atomic E-state index is -4.49. The Kier molecular flexibility index (Phi) is 5.02. The van der Waals surface area contributed by atoms with E-state index in [9.17, 15) is 13.2 Å². The van der Waals surface area contributed by atoms with Crippen molar-refractivity contribution in [3.63, 3.8) is 0 Å². The molecule has 0 aromatic carbocycles. The SMILES string of the molecule is Cc1cnc(NCCOc2ncc(C(F)(F)F)cc2Cl)nc1. The zero-order chi connectivity index (χ0) is 16.2. The topological polar surface area (TPSA) is 59.9 Å². The van der Waals surface area contributed by atoms with E-state index < -0.39 is 11.7 Å². The van der Waals surface area contributed by atoms with Crippen molar-refractivity contribution in [2.75, 3.05) is 18.5 Å². The number of rotatable bonds is 5. The van der Waals surface area contributed by atoms with E-state index in [0.29, 0.717) is 18.7 Å². The van der Waals surface area contributed by atoms with E-state index in [-0.39, 0.29) is 17.5 Å². The third-order valence-corrected chi connectivity index (χ3v) is 2.81. The molecule has 0 aliphatic rings. The van der Waals surface area contributed by atoms with Crippen molar-refractivity contribution in [1.82, 2.24) is 15.0 Å². The lowest BCUT2D eigenvalue weighted by molar-refractivity contribution is -0.137. The number of hydrogen-bond donors (Lipinski definition) is 1. The molecule has 1 N–H and O–H groups in total. The molecule has 0 fully saturated rings. The molecule has 2 heterocycles. The highest BCUT2D eigenvalue weighted by Gasteiger charge is 2.31. The number of aryl methyl sites for hydroxylation is 1. The molecule has 9 heteroatoms. The maximum Gasteiger partial charge on any atom is 0.417 e. The summed E-state index contributed by atoms with van der Waals surface area (Å²) in [4.78, 5) is 11.6. The van der Waals surface area contributed by atoms with E-state index in [1.807, 2.05) is 6.92 Å². The molecule has 0 aliphatic heterocycles. The maximum absolute atomic E-state index is 12.5. The van der Waals surface area contributed by atoms with E-state index >= 15 is 0 Å². The van der Waals surface area contributed by atoms with Crippen LogP contribution in [-0.4, -0.2) is 28.1 Å². The van der Waals surface area contributed by atoms with Crippen molar-refractivity contribution in [3.8, 4) is 5.88 Å². The van der Waals surface area contributed by atoms with E-state index in [4.69, 9.17) is 16.3 Å². The number of alkyl halides is 3. The Labute approximate surface area is 129 Å². The summed E-state index contributed by atoms with van der Waals surface area (Å²) >= 11 is 5.72. The standard InChI is InChI=1S/C13H12ClF3N4O/c1-8-5-20-12(21-6-8)18-2-3-22-11-10(14)4-9(7-19-11)13(15,16)17/h4-7H,2-3H2,1H3,(H,18,20,21). The van der Waals surface area contributed by atoms with Gasteiger partial charge < -0.3 is 10.1 Å². The summed E-state index contributed by atoms with van der Waals surface area (Å²) in [6, 6.07) is 0.778. The van der Waals surface area contributed by atoms with Crippen molar-refractivity contribution in [2.45, 2.75) is 13.1 Å². The van der Waals surface area contributed by atoms with Crippen molar-refractivity contribution in [2.24, 2.45) is 0 Å².